The molecule has 0 radical (unpaired) electrons. The van der Waals surface area contributed by atoms with E-state index in [2.05, 4.69) is 20.6 Å². The summed E-state index contributed by atoms with van der Waals surface area (Å²) in [5, 5.41) is 15.5. The minimum absolute atomic E-state index is 0.0148. The molecular weight excluding hydrogens is 573 g/mol. The van der Waals surface area contributed by atoms with Gasteiger partial charge >= 0.3 is 0 Å². The number of carbonyl (C=O) groups excluding carboxylic acids is 1. The molecule has 15 heteroatoms. The third-order valence-corrected chi connectivity index (χ3v) is 9.27. The Bertz CT molecular complexity index is 1590. The Morgan fingerprint density at radius 1 is 1.24 bits per heavy atom. The van der Waals surface area contributed by atoms with Crippen molar-refractivity contribution in [2.75, 3.05) is 30.0 Å². The Balaban J connectivity index is 1.49. The number of fused-ring (bicyclic) bond motifs is 1. The van der Waals surface area contributed by atoms with Crippen molar-refractivity contribution in [1.29, 1.82) is 5.26 Å². The van der Waals surface area contributed by atoms with E-state index in [0.717, 1.165) is 38.2 Å². The Morgan fingerprint density at radius 3 is 2.66 bits per heavy atom. The van der Waals surface area contributed by atoms with Gasteiger partial charge in [-0.05, 0) is 56.6 Å². The maximum Gasteiger partial charge on any atom is 0.225 e. The minimum atomic E-state index is -3.32. The highest BCUT2D eigenvalue weighted by Gasteiger charge is 2.29. The van der Waals surface area contributed by atoms with Crippen LogP contribution in [0.5, 0.6) is 0 Å². The molecule has 1 aromatic carbocycles. The first kappa shape index (κ1) is 29.0. The Labute approximate surface area is 242 Å². The molecule has 1 saturated heterocycles. The van der Waals surface area contributed by atoms with Crippen LogP contribution in [0.1, 0.15) is 56.6 Å². The molecule has 1 aliphatic carbocycles. The highest BCUT2D eigenvalue weighted by Crippen LogP contribution is 2.39. The van der Waals surface area contributed by atoms with Crippen LogP contribution >= 0.6 is 11.6 Å². The molecule has 218 valence electrons. The maximum atomic E-state index is 15.0. The molecule has 0 unspecified atom stereocenters. The largest absolute Gasteiger partial charge is 0.370 e. The lowest BCUT2D eigenvalue weighted by Gasteiger charge is -2.31. The molecule has 3 heterocycles. The highest BCUT2D eigenvalue weighted by atomic mass is 35.5. The summed E-state index contributed by atoms with van der Waals surface area (Å²) in [5.41, 5.74) is 6.49. The van der Waals surface area contributed by atoms with E-state index in [1.165, 1.54) is 16.6 Å². The zero-order valence-electron chi connectivity index (χ0n) is 22.5. The average Bonchev–Trinajstić information content (AvgIpc) is 3.27. The zero-order chi connectivity index (χ0) is 29.3. The van der Waals surface area contributed by atoms with Gasteiger partial charge in [0.2, 0.25) is 27.8 Å². The van der Waals surface area contributed by atoms with Gasteiger partial charge in [0, 0.05) is 31.6 Å². The molecule has 0 spiro atoms. The molecule has 2 fully saturated rings. The van der Waals surface area contributed by atoms with Crippen molar-refractivity contribution < 1.29 is 17.6 Å². The molecule has 3 aromatic rings. The van der Waals surface area contributed by atoms with E-state index in [9.17, 15) is 17.6 Å². The number of nitrogens with two attached hydrogens (primary N) is 1. The van der Waals surface area contributed by atoms with Gasteiger partial charge in [-0.2, -0.15) is 10.2 Å². The van der Waals surface area contributed by atoms with Crippen molar-refractivity contribution in [3.8, 4) is 6.07 Å². The number of nitriles is 1. The topological polar surface area (TPSA) is 172 Å². The second kappa shape index (κ2) is 11.8. The van der Waals surface area contributed by atoms with Crippen LogP contribution in [-0.2, 0) is 14.8 Å². The normalized spacial score (nSPS) is 21.9. The quantitative estimate of drug-likeness (QED) is 0.347. The van der Waals surface area contributed by atoms with Crippen LogP contribution in [0.4, 0.5) is 22.0 Å². The van der Waals surface area contributed by atoms with E-state index in [4.69, 9.17) is 27.6 Å². The van der Waals surface area contributed by atoms with Gasteiger partial charge in [0.25, 0.3) is 0 Å². The number of nitrogens with one attached hydrogen (secondary N) is 2. The van der Waals surface area contributed by atoms with Gasteiger partial charge in [-0.1, -0.05) is 11.6 Å². The predicted molar refractivity (Wildman–Crippen MR) is 153 cm³/mol. The molecule has 0 bridgehead atoms. The van der Waals surface area contributed by atoms with Crippen molar-refractivity contribution in [3.63, 3.8) is 0 Å². The van der Waals surface area contributed by atoms with Gasteiger partial charge in [0.05, 0.1) is 34.8 Å². The SMILES string of the molecule is CS(=O)(=O)N1CCC[C@@H](Nc2ncc3nc(Nc4c(F)cc(C#N)cc4Cl)n(C4CCC(CC(N)=O)CC4)c3n2)C1. The number of carbonyl (C=O) groups is 1. The number of benzene rings is 1. The molecule has 2 aromatic heterocycles. The van der Waals surface area contributed by atoms with Gasteiger partial charge in [0.1, 0.15) is 11.3 Å². The fraction of sp³-hybridized carbons (Fsp3) is 0.500. The van der Waals surface area contributed by atoms with Crippen LogP contribution < -0.4 is 16.4 Å². The van der Waals surface area contributed by atoms with Gasteiger partial charge in [-0.15, -0.1) is 0 Å². The van der Waals surface area contributed by atoms with Crippen molar-refractivity contribution in [1.82, 2.24) is 23.8 Å². The third-order valence-electron chi connectivity index (χ3n) is 7.70. The van der Waals surface area contributed by atoms with Gasteiger partial charge in [-0.25, -0.2) is 27.1 Å². The smallest absolute Gasteiger partial charge is 0.225 e. The number of hydrogen-bond acceptors (Lipinski definition) is 9. The van der Waals surface area contributed by atoms with Gasteiger partial charge in [-0.3, -0.25) is 9.36 Å². The third kappa shape index (κ3) is 6.52. The number of piperidine rings is 1. The Hall–Kier alpha value is -3.54. The number of nitrogens with zero attached hydrogens (tertiary/aromatic N) is 6. The Kier molecular flexibility index (Phi) is 8.30. The number of rotatable bonds is 8. The molecule has 5 rings (SSSR count). The number of aromatic nitrogens is 4. The number of imidazole rings is 1. The predicted octanol–water partition coefficient (Wildman–Crippen LogP) is 3.68. The number of hydrogen-bond donors (Lipinski definition) is 3. The number of sulfonamides is 1. The summed E-state index contributed by atoms with van der Waals surface area (Å²) in [6.45, 7) is 0.790. The van der Waals surface area contributed by atoms with Crippen molar-refractivity contribution in [3.05, 3.63) is 34.7 Å². The molecule has 1 amide bonds. The van der Waals surface area contributed by atoms with E-state index in [1.807, 2.05) is 10.6 Å². The lowest BCUT2D eigenvalue weighted by Crippen LogP contribution is -2.44. The standard InChI is InChI=1S/C26H31ClFN9O3S/c1-41(39,40)36-8-2-3-17(14-36)32-25-31-13-21-24(35-25)37(18-6-4-15(5-7-18)11-22(30)38)26(33-21)34-23-19(27)9-16(12-29)10-20(23)28/h9-10,13,15,17-18H,2-8,11,14H2,1H3,(H2,30,38)(H,33,34)(H,31,32,35)/t15?,17-,18?/m1/s1. The van der Waals surface area contributed by atoms with Crippen LogP contribution in [0.3, 0.4) is 0 Å². The monoisotopic (exact) mass is 603 g/mol. The Morgan fingerprint density at radius 2 is 2.00 bits per heavy atom. The minimum Gasteiger partial charge on any atom is -0.370 e. The zero-order valence-corrected chi connectivity index (χ0v) is 24.1. The molecule has 2 aliphatic rings. The molecular formula is C26H31ClFN9O3S. The summed E-state index contributed by atoms with van der Waals surface area (Å²) < 4.78 is 42.4. The van der Waals surface area contributed by atoms with E-state index in [-0.39, 0.29) is 40.2 Å². The summed E-state index contributed by atoms with van der Waals surface area (Å²) in [5.74, 6) is -0.183. The van der Waals surface area contributed by atoms with E-state index < -0.39 is 15.8 Å². The van der Waals surface area contributed by atoms with E-state index >= 15 is 0 Å². The van der Waals surface area contributed by atoms with Crippen LogP contribution in [0.2, 0.25) is 5.02 Å². The van der Waals surface area contributed by atoms with Crippen molar-refractivity contribution >= 4 is 56.3 Å². The van der Waals surface area contributed by atoms with Crippen LogP contribution in [0, 0.1) is 23.1 Å². The first-order valence-electron chi connectivity index (χ1n) is 13.4. The summed E-state index contributed by atoms with van der Waals surface area (Å²) in [6.07, 6.45) is 7.57. The van der Waals surface area contributed by atoms with Gasteiger partial charge < -0.3 is 16.4 Å². The first-order valence-corrected chi connectivity index (χ1v) is 15.7. The molecule has 1 atom stereocenters. The average molecular weight is 604 g/mol. The number of anilines is 3. The van der Waals surface area contributed by atoms with E-state index in [1.54, 1.807) is 6.20 Å². The molecule has 12 nitrogen and oxygen atoms in total. The van der Waals surface area contributed by atoms with Crippen LogP contribution in [-0.4, -0.2) is 63.5 Å². The summed E-state index contributed by atoms with van der Waals surface area (Å²) in [6, 6.07) is 4.13. The molecule has 41 heavy (non-hydrogen) atoms. The second-order valence-corrected chi connectivity index (χ2v) is 13.1. The van der Waals surface area contributed by atoms with Gasteiger partial charge in [0.15, 0.2) is 5.65 Å². The van der Waals surface area contributed by atoms with Crippen molar-refractivity contribution in [2.45, 2.75) is 57.0 Å². The van der Waals surface area contributed by atoms with Crippen LogP contribution in [0.25, 0.3) is 11.2 Å². The number of halogens is 2. The summed E-state index contributed by atoms with van der Waals surface area (Å²) in [7, 11) is -3.32. The molecule has 4 N–H and O–H groups in total. The van der Waals surface area contributed by atoms with Crippen molar-refractivity contribution in [2.24, 2.45) is 11.7 Å². The second-order valence-electron chi connectivity index (χ2n) is 10.7. The summed E-state index contributed by atoms with van der Waals surface area (Å²) >= 11 is 6.33. The number of amides is 1. The number of primary amides is 1. The molecule has 1 saturated carbocycles. The molecule has 1 aliphatic heterocycles. The van der Waals surface area contributed by atoms with Crippen LogP contribution in [0.15, 0.2) is 18.3 Å². The lowest BCUT2D eigenvalue weighted by atomic mass is 9.84. The first-order chi connectivity index (χ1) is 19.5. The summed E-state index contributed by atoms with van der Waals surface area (Å²) in [4.78, 5) is 25.3. The van der Waals surface area contributed by atoms with E-state index in [0.29, 0.717) is 49.0 Å². The fourth-order valence-electron chi connectivity index (χ4n) is 5.70. The fourth-order valence-corrected chi connectivity index (χ4v) is 6.87. The lowest BCUT2D eigenvalue weighted by molar-refractivity contribution is -0.119. The maximum absolute atomic E-state index is 15.0. The highest BCUT2D eigenvalue weighted by molar-refractivity contribution is 7.88.